The van der Waals surface area contributed by atoms with E-state index in [9.17, 15) is 4.79 Å². The van der Waals surface area contributed by atoms with Crippen LogP contribution in [0.2, 0.25) is 0 Å². The first-order valence-electron chi connectivity index (χ1n) is 4.95. The second-order valence-corrected chi connectivity index (χ2v) is 3.24. The Morgan fingerprint density at radius 3 is 2.93 bits per heavy atom. The average Bonchev–Trinajstić information content (AvgIpc) is 2.70. The van der Waals surface area contributed by atoms with Gasteiger partial charge in [0.05, 0.1) is 6.26 Å². The Hall–Kier alpha value is -1.33. The van der Waals surface area contributed by atoms with Crippen LogP contribution in [-0.4, -0.2) is 18.6 Å². The lowest BCUT2D eigenvalue weighted by Crippen LogP contribution is -2.34. The van der Waals surface area contributed by atoms with Crippen molar-refractivity contribution in [2.45, 2.75) is 25.3 Å². The van der Waals surface area contributed by atoms with Gasteiger partial charge >= 0.3 is 5.97 Å². The fraction of sp³-hybridized carbons (Fsp3) is 0.500. The molecule has 1 heterocycles. The summed E-state index contributed by atoms with van der Waals surface area (Å²) in [5.74, 6) is -0.295. The van der Waals surface area contributed by atoms with Crippen LogP contribution in [0.5, 0.6) is 5.95 Å². The molecule has 0 aromatic carbocycles. The zero-order chi connectivity index (χ0) is 11.1. The number of ether oxygens (including phenoxy) is 1. The Morgan fingerprint density at radius 1 is 1.53 bits per heavy atom. The van der Waals surface area contributed by atoms with E-state index in [0.717, 1.165) is 12.8 Å². The smallest absolute Gasteiger partial charge is 0.330 e. The first-order valence-corrected chi connectivity index (χ1v) is 4.95. The summed E-state index contributed by atoms with van der Waals surface area (Å²) in [6, 6.07) is 2.59. The quantitative estimate of drug-likeness (QED) is 0.533. The number of carbonyl (C=O) groups excluding carboxylic acids is 1. The van der Waals surface area contributed by atoms with Gasteiger partial charge in [-0.2, -0.15) is 0 Å². The minimum Gasteiger partial charge on any atom is -0.434 e. The van der Waals surface area contributed by atoms with Crippen molar-refractivity contribution in [3.8, 4) is 5.95 Å². The van der Waals surface area contributed by atoms with Gasteiger partial charge < -0.3 is 20.6 Å². The molecule has 0 fully saturated rings. The number of hydrogen-bond donors (Lipinski definition) is 2. The fourth-order valence-corrected chi connectivity index (χ4v) is 1.12. The van der Waals surface area contributed by atoms with Crippen LogP contribution in [0.1, 0.15) is 19.3 Å². The lowest BCUT2D eigenvalue weighted by molar-refractivity contribution is -0.137. The van der Waals surface area contributed by atoms with Crippen molar-refractivity contribution in [3.05, 3.63) is 18.4 Å². The largest absolute Gasteiger partial charge is 0.434 e. The van der Waals surface area contributed by atoms with Gasteiger partial charge in [-0.25, -0.2) is 4.79 Å². The molecule has 0 aliphatic rings. The SMILES string of the molecule is NCCCC[C@H](N)C(=O)Oc1ccco1. The van der Waals surface area contributed by atoms with Crippen LogP contribution in [-0.2, 0) is 4.79 Å². The zero-order valence-electron chi connectivity index (χ0n) is 8.52. The van der Waals surface area contributed by atoms with Gasteiger partial charge in [0, 0.05) is 6.07 Å². The number of hydrogen-bond acceptors (Lipinski definition) is 5. The Balaban J connectivity index is 2.27. The molecule has 0 aliphatic carbocycles. The van der Waals surface area contributed by atoms with Crippen LogP contribution < -0.4 is 16.2 Å². The highest BCUT2D eigenvalue weighted by Gasteiger charge is 2.16. The zero-order valence-corrected chi connectivity index (χ0v) is 8.52. The third-order valence-corrected chi connectivity index (χ3v) is 1.97. The third-order valence-electron chi connectivity index (χ3n) is 1.97. The van der Waals surface area contributed by atoms with Crippen LogP contribution in [0.15, 0.2) is 22.8 Å². The van der Waals surface area contributed by atoms with Gasteiger partial charge in [-0.05, 0) is 25.5 Å². The number of rotatable bonds is 6. The van der Waals surface area contributed by atoms with Gasteiger partial charge in [-0.15, -0.1) is 0 Å². The molecule has 15 heavy (non-hydrogen) atoms. The maximum absolute atomic E-state index is 11.4. The maximum atomic E-state index is 11.4. The molecule has 5 nitrogen and oxygen atoms in total. The average molecular weight is 212 g/mol. The van der Waals surface area contributed by atoms with Crippen LogP contribution >= 0.6 is 0 Å². The van der Waals surface area contributed by atoms with Gasteiger partial charge in [0.1, 0.15) is 6.04 Å². The van der Waals surface area contributed by atoms with Crippen molar-refractivity contribution in [1.82, 2.24) is 0 Å². The molecule has 0 bridgehead atoms. The normalized spacial score (nSPS) is 12.4. The van der Waals surface area contributed by atoms with Crippen molar-refractivity contribution < 1.29 is 13.9 Å². The number of nitrogens with two attached hydrogens (primary N) is 2. The first-order chi connectivity index (χ1) is 7.24. The molecule has 84 valence electrons. The summed E-state index contributed by atoms with van der Waals surface area (Å²) in [7, 11) is 0. The van der Waals surface area contributed by atoms with Gasteiger partial charge in [0.15, 0.2) is 0 Å². The van der Waals surface area contributed by atoms with Crippen LogP contribution in [0.25, 0.3) is 0 Å². The van der Waals surface area contributed by atoms with E-state index in [4.69, 9.17) is 20.6 Å². The van der Waals surface area contributed by atoms with E-state index in [0.29, 0.717) is 13.0 Å². The topological polar surface area (TPSA) is 91.5 Å². The summed E-state index contributed by atoms with van der Waals surface area (Å²) in [4.78, 5) is 11.4. The molecule has 1 aromatic heterocycles. The van der Waals surface area contributed by atoms with E-state index in [1.165, 1.54) is 6.26 Å². The van der Waals surface area contributed by atoms with Crippen LogP contribution in [0.4, 0.5) is 0 Å². The maximum Gasteiger partial charge on any atom is 0.330 e. The Morgan fingerprint density at radius 2 is 2.33 bits per heavy atom. The van der Waals surface area contributed by atoms with E-state index in [1.807, 2.05) is 0 Å². The Kier molecular flexibility index (Phi) is 4.86. The van der Waals surface area contributed by atoms with Gasteiger partial charge in [0.25, 0.3) is 5.95 Å². The molecule has 0 unspecified atom stereocenters. The molecule has 0 saturated carbocycles. The van der Waals surface area contributed by atoms with E-state index >= 15 is 0 Å². The minimum absolute atomic E-state index is 0.175. The van der Waals surface area contributed by atoms with Crippen molar-refractivity contribution in [2.75, 3.05) is 6.54 Å². The van der Waals surface area contributed by atoms with E-state index in [2.05, 4.69) is 0 Å². The predicted molar refractivity (Wildman–Crippen MR) is 55.2 cm³/mol. The molecule has 0 spiro atoms. The van der Waals surface area contributed by atoms with Crippen LogP contribution in [0.3, 0.4) is 0 Å². The summed E-state index contributed by atoms with van der Waals surface area (Å²) < 4.78 is 9.75. The van der Waals surface area contributed by atoms with Gasteiger partial charge in [-0.1, -0.05) is 6.42 Å². The fourth-order valence-electron chi connectivity index (χ4n) is 1.12. The standard InChI is InChI=1S/C10H16N2O3/c11-6-2-1-4-8(12)10(13)15-9-5-3-7-14-9/h3,5,7-8H,1-2,4,6,11-12H2/t8-/m0/s1. The molecule has 1 atom stereocenters. The number of unbranched alkanes of at least 4 members (excludes halogenated alkanes) is 1. The number of furan rings is 1. The van der Waals surface area contributed by atoms with Crippen molar-refractivity contribution in [2.24, 2.45) is 11.5 Å². The van der Waals surface area contributed by atoms with E-state index < -0.39 is 12.0 Å². The third kappa shape index (κ3) is 4.14. The molecule has 4 N–H and O–H groups in total. The highest BCUT2D eigenvalue weighted by atomic mass is 16.6. The molecular weight excluding hydrogens is 196 g/mol. The highest BCUT2D eigenvalue weighted by molar-refractivity contribution is 5.77. The highest BCUT2D eigenvalue weighted by Crippen LogP contribution is 2.11. The van der Waals surface area contributed by atoms with Gasteiger partial charge in [-0.3, -0.25) is 0 Å². The Bertz CT molecular complexity index is 285. The summed E-state index contributed by atoms with van der Waals surface area (Å²) >= 11 is 0. The molecule has 1 rings (SSSR count). The van der Waals surface area contributed by atoms with Crippen LogP contribution in [0, 0.1) is 0 Å². The molecule has 0 amide bonds. The van der Waals surface area contributed by atoms with E-state index in [1.54, 1.807) is 12.1 Å². The van der Waals surface area contributed by atoms with Crippen molar-refractivity contribution >= 4 is 5.97 Å². The summed E-state index contributed by atoms with van der Waals surface area (Å²) in [6.07, 6.45) is 3.70. The predicted octanol–water partition coefficient (Wildman–Crippen LogP) is 0.641. The lowest BCUT2D eigenvalue weighted by Gasteiger charge is -2.08. The minimum atomic E-state index is -0.610. The second kappa shape index (κ2) is 6.21. The molecule has 0 aliphatic heterocycles. The molecular formula is C10H16N2O3. The van der Waals surface area contributed by atoms with Gasteiger partial charge in [0.2, 0.25) is 0 Å². The van der Waals surface area contributed by atoms with Crippen molar-refractivity contribution in [3.63, 3.8) is 0 Å². The summed E-state index contributed by atoms with van der Waals surface area (Å²) in [5.41, 5.74) is 10.9. The monoisotopic (exact) mass is 212 g/mol. The molecule has 0 saturated heterocycles. The summed E-state index contributed by atoms with van der Waals surface area (Å²) in [5, 5.41) is 0. The molecule has 0 radical (unpaired) electrons. The van der Waals surface area contributed by atoms with E-state index in [-0.39, 0.29) is 5.95 Å². The lowest BCUT2D eigenvalue weighted by atomic mass is 10.1. The Labute approximate surface area is 88.4 Å². The summed E-state index contributed by atoms with van der Waals surface area (Å²) in [6.45, 7) is 0.611. The second-order valence-electron chi connectivity index (χ2n) is 3.24. The molecule has 1 aromatic rings. The van der Waals surface area contributed by atoms with Crippen molar-refractivity contribution in [1.29, 1.82) is 0 Å². The number of carbonyl (C=O) groups is 1. The first kappa shape index (κ1) is 11.7. The number of esters is 1. The molecule has 5 heteroatoms.